The summed E-state index contributed by atoms with van der Waals surface area (Å²) in [5.74, 6) is 1.12. The Kier molecular flexibility index (Phi) is 6.69. The Bertz CT molecular complexity index is 406. The summed E-state index contributed by atoms with van der Waals surface area (Å²) in [4.78, 5) is 11.6. The highest BCUT2D eigenvalue weighted by Crippen LogP contribution is 2.15. The zero-order valence-electron chi connectivity index (χ0n) is 11.3. The zero-order chi connectivity index (χ0) is 14.3. The summed E-state index contributed by atoms with van der Waals surface area (Å²) in [7, 11) is 0. The largest absolute Gasteiger partial charge is 0.388 e. The molecule has 2 N–H and O–H groups in total. The van der Waals surface area contributed by atoms with Crippen LogP contribution in [0.15, 0.2) is 24.3 Å². The molecular formula is C14H20ClNO2S. The molecule has 3 nitrogen and oxygen atoms in total. The quantitative estimate of drug-likeness (QED) is 0.814. The highest BCUT2D eigenvalue weighted by Gasteiger charge is 2.18. The molecule has 1 atom stereocenters. The second-order valence-electron chi connectivity index (χ2n) is 4.75. The third kappa shape index (κ3) is 6.85. The molecule has 1 aromatic rings. The van der Waals surface area contributed by atoms with Crippen molar-refractivity contribution >= 4 is 29.3 Å². The number of carbonyl (C=O) groups is 1. The summed E-state index contributed by atoms with van der Waals surface area (Å²) < 4.78 is 0. The van der Waals surface area contributed by atoms with Gasteiger partial charge in [0.2, 0.25) is 5.91 Å². The number of hydrogen-bond donors (Lipinski definition) is 2. The van der Waals surface area contributed by atoms with Crippen LogP contribution in [0.1, 0.15) is 25.8 Å². The van der Waals surface area contributed by atoms with Gasteiger partial charge in [0.25, 0.3) is 0 Å². The van der Waals surface area contributed by atoms with E-state index in [9.17, 15) is 9.90 Å². The SMILES string of the molecule is CCC(C)(O)CNC(=O)CSCc1ccc(Cl)cc1. The van der Waals surface area contributed by atoms with Crippen LogP contribution in [0, 0.1) is 0 Å². The summed E-state index contributed by atoms with van der Waals surface area (Å²) in [6, 6.07) is 7.59. The van der Waals surface area contributed by atoms with Gasteiger partial charge in [0, 0.05) is 17.3 Å². The number of rotatable bonds is 7. The first kappa shape index (κ1) is 16.3. The topological polar surface area (TPSA) is 49.3 Å². The fourth-order valence-corrected chi connectivity index (χ4v) is 2.25. The van der Waals surface area contributed by atoms with E-state index in [4.69, 9.17) is 11.6 Å². The summed E-state index contributed by atoms with van der Waals surface area (Å²) in [6.07, 6.45) is 0.616. The third-order valence-corrected chi connectivity index (χ3v) is 4.10. The molecule has 1 unspecified atom stereocenters. The van der Waals surface area contributed by atoms with E-state index >= 15 is 0 Å². The Morgan fingerprint density at radius 1 is 1.42 bits per heavy atom. The van der Waals surface area contributed by atoms with Gasteiger partial charge < -0.3 is 10.4 Å². The minimum absolute atomic E-state index is 0.0484. The Balaban J connectivity index is 2.22. The van der Waals surface area contributed by atoms with Crippen molar-refractivity contribution in [3.8, 4) is 0 Å². The summed E-state index contributed by atoms with van der Waals surface area (Å²) >= 11 is 7.34. The molecule has 0 bridgehead atoms. The molecular weight excluding hydrogens is 282 g/mol. The number of nitrogens with one attached hydrogen (secondary N) is 1. The van der Waals surface area contributed by atoms with Crippen LogP contribution in [0.3, 0.4) is 0 Å². The molecule has 0 aliphatic rings. The number of thioether (sulfide) groups is 1. The molecule has 0 aromatic heterocycles. The van der Waals surface area contributed by atoms with E-state index in [0.29, 0.717) is 23.7 Å². The average Bonchev–Trinajstić information content (AvgIpc) is 2.39. The van der Waals surface area contributed by atoms with Crippen molar-refractivity contribution in [2.45, 2.75) is 31.6 Å². The first-order chi connectivity index (χ1) is 8.93. The predicted octanol–water partition coefficient (Wildman–Crippen LogP) is 2.85. The third-order valence-electron chi connectivity index (χ3n) is 2.84. The number of amides is 1. The van der Waals surface area contributed by atoms with Gasteiger partial charge in [-0.1, -0.05) is 30.7 Å². The van der Waals surface area contributed by atoms with E-state index in [1.807, 2.05) is 31.2 Å². The second-order valence-corrected chi connectivity index (χ2v) is 6.17. The van der Waals surface area contributed by atoms with Gasteiger partial charge >= 0.3 is 0 Å². The molecule has 0 saturated carbocycles. The highest BCUT2D eigenvalue weighted by atomic mass is 35.5. The van der Waals surface area contributed by atoms with Crippen LogP contribution >= 0.6 is 23.4 Å². The zero-order valence-corrected chi connectivity index (χ0v) is 12.9. The van der Waals surface area contributed by atoms with Crippen LogP contribution in [0.25, 0.3) is 0 Å². The van der Waals surface area contributed by atoms with Gasteiger partial charge in [-0.2, -0.15) is 0 Å². The van der Waals surface area contributed by atoms with Gasteiger partial charge in [-0.25, -0.2) is 0 Å². The van der Waals surface area contributed by atoms with Crippen molar-refractivity contribution in [2.24, 2.45) is 0 Å². The fraction of sp³-hybridized carbons (Fsp3) is 0.500. The van der Waals surface area contributed by atoms with E-state index in [1.54, 1.807) is 18.7 Å². The highest BCUT2D eigenvalue weighted by molar-refractivity contribution is 7.99. The van der Waals surface area contributed by atoms with Crippen LogP contribution in [-0.2, 0) is 10.5 Å². The maximum Gasteiger partial charge on any atom is 0.230 e. The van der Waals surface area contributed by atoms with Gasteiger partial charge in [-0.05, 0) is 31.0 Å². The summed E-state index contributed by atoms with van der Waals surface area (Å²) in [6.45, 7) is 3.90. The maximum atomic E-state index is 11.6. The lowest BCUT2D eigenvalue weighted by Gasteiger charge is -2.21. The van der Waals surface area contributed by atoms with E-state index in [0.717, 1.165) is 11.3 Å². The average molecular weight is 302 g/mol. The number of halogens is 1. The molecule has 106 valence electrons. The lowest BCUT2D eigenvalue weighted by Crippen LogP contribution is -2.40. The van der Waals surface area contributed by atoms with Crippen molar-refractivity contribution < 1.29 is 9.90 Å². The number of carbonyl (C=O) groups excluding carboxylic acids is 1. The monoisotopic (exact) mass is 301 g/mol. The minimum atomic E-state index is -0.823. The number of hydrogen-bond acceptors (Lipinski definition) is 3. The van der Waals surface area contributed by atoms with Crippen molar-refractivity contribution in [3.05, 3.63) is 34.9 Å². The lowest BCUT2D eigenvalue weighted by atomic mass is 10.0. The Morgan fingerprint density at radius 3 is 2.63 bits per heavy atom. The van der Waals surface area contributed by atoms with Gasteiger partial charge in [-0.3, -0.25) is 4.79 Å². The summed E-state index contributed by atoms with van der Waals surface area (Å²) in [5, 5.41) is 13.2. The molecule has 1 aromatic carbocycles. The predicted molar refractivity (Wildman–Crippen MR) is 81.5 cm³/mol. The second kappa shape index (κ2) is 7.78. The van der Waals surface area contributed by atoms with E-state index in [2.05, 4.69) is 5.32 Å². The molecule has 0 aliphatic heterocycles. The van der Waals surface area contributed by atoms with Crippen LogP contribution in [0.2, 0.25) is 5.02 Å². The van der Waals surface area contributed by atoms with Gasteiger partial charge in [-0.15, -0.1) is 11.8 Å². The standard InChI is InChI=1S/C14H20ClNO2S/c1-3-14(2,18)10-16-13(17)9-19-8-11-4-6-12(15)7-5-11/h4-7,18H,3,8-10H2,1-2H3,(H,16,17). The smallest absolute Gasteiger partial charge is 0.230 e. The molecule has 19 heavy (non-hydrogen) atoms. The van der Waals surface area contributed by atoms with Crippen LogP contribution in [0.4, 0.5) is 0 Å². The van der Waals surface area contributed by atoms with Crippen LogP contribution < -0.4 is 5.32 Å². The molecule has 0 heterocycles. The molecule has 0 saturated heterocycles. The minimum Gasteiger partial charge on any atom is -0.388 e. The molecule has 1 amide bonds. The Morgan fingerprint density at radius 2 is 2.05 bits per heavy atom. The number of aliphatic hydroxyl groups is 1. The molecule has 5 heteroatoms. The van der Waals surface area contributed by atoms with Crippen molar-refractivity contribution in [1.82, 2.24) is 5.32 Å². The molecule has 0 aliphatic carbocycles. The van der Waals surface area contributed by atoms with Crippen molar-refractivity contribution in [2.75, 3.05) is 12.3 Å². The lowest BCUT2D eigenvalue weighted by molar-refractivity contribution is -0.119. The van der Waals surface area contributed by atoms with Gasteiger partial charge in [0.05, 0.1) is 11.4 Å². The molecule has 1 rings (SSSR count). The van der Waals surface area contributed by atoms with Crippen molar-refractivity contribution in [3.63, 3.8) is 0 Å². The normalized spacial score (nSPS) is 13.9. The number of benzene rings is 1. The van der Waals surface area contributed by atoms with E-state index < -0.39 is 5.60 Å². The Hall–Kier alpha value is -0.710. The van der Waals surface area contributed by atoms with Gasteiger partial charge in [0.1, 0.15) is 0 Å². The fourth-order valence-electron chi connectivity index (χ4n) is 1.31. The molecule has 0 fully saturated rings. The first-order valence-corrected chi connectivity index (χ1v) is 7.77. The maximum absolute atomic E-state index is 11.6. The van der Waals surface area contributed by atoms with Crippen LogP contribution in [-0.4, -0.2) is 28.9 Å². The first-order valence-electron chi connectivity index (χ1n) is 6.24. The summed E-state index contributed by atoms with van der Waals surface area (Å²) in [5.41, 5.74) is 0.319. The van der Waals surface area contributed by atoms with E-state index in [-0.39, 0.29) is 5.91 Å². The molecule has 0 spiro atoms. The van der Waals surface area contributed by atoms with E-state index in [1.165, 1.54) is 0 Å². The van der Waals surface area contributed by atoms with Crippen LogP contribution in [0.5, 0.6) is 0 Å². The molecule has 0 radical (unpaired) electrons. The Labute approximate surface area is 123 Å². The van der Waals surface area contributed by atoms with Gasteiger partial charge in [0.15, 0.2) is 0 Å². The van der Waals surface area contributed by atoms with Crippen molar-refractivity contribution in [1.29, 1.82) is 0 Å².